The predicted octanol–water partition coefficient (Wildman–Crippen LogP) is -2.64. The lowest BCUT2D eigenvalue weighted by atomic mass is 11.1. The molecule has 0 aromatic carbocycles. The molecule has 0 aliphatic carbocycles. The van der Waals surface area contributed by atoms with Crippen LogP contribution in [0.4, 0.5) is 0 Å². The summed E-state index contributed by atoms with van der Waals surface area (Å²) in [5.74, 6) is -0.333. The first-order valence-electron chi connectivity index (χ1n) is 1.53. The normalized spacial score (nSPS) is 8.20. The number of hydrogen-bond acceptors (Lipinski definition) is 3. The van der Waals surface area contributed by atoms with Crippen LogP contribution < -0.4 is 11.5 Å². The minimum absolute atomic E-state index is 0. The second kappa shape index (κ2) is 6.22. The lowest BCUT2D eigenvalue weighted by Crippen LogP contribution is -2.20. The molecule has 0 heterocycles. The second-order valence-electron chi connectivity index (χ2n) is 0.903. The van der Waals surface area contributed by atoms with Gasteiger partial charge in [-0.05, 0) is 0 Å². The molecule has 0 aliphatic heterocycles. The molecule has 9 heteroatoms. The van der Waals surface area contributed by atoms with Gasteiger partial charge in [0.2, 0.25) is 0 Å². The number of rotatable bonds is 0. The van der Waals surface area contributed by atoms with Gasteiger partial charge in [-0.15, -0.1) is 0 Å². The SMILES string of the molecule is N=C(N)N.O.O=S(=O)(O)O. The van der Waals surface area contributed by atoms with Crippen LogP contribution in [0.3, 0.4) is 0 Å². The largest absolute Gasteiger partial charge is 0.412 e. The van der Waals surface area contributed by atoms with Crippen molar-refractivity contribution in [3.63, 3.8) is 0 Å². The summed E-state index contributed by atoms with van der Waals surface area (Å²) in [5, 5.41) is 6.06. The van der Waals surface area contributed by atoms with E-state index in [9.17, 15) is 0 Å². The van der Waals surface area contributed by atoms with E-state index in [1.165, 1.54) is 0 Å². The molecule has 64 valence electrons. The molecule has 0 fully saturated rings. The molecule has 0 saturated carbocycles. The van der Waals surface area contributed by atoms with E-state index in [0.29, 0.717) is 0 Å². The molecule has 9 N–H and O–H groups in total. The van der Waals surface area contributed by atoms with Gasteiger partial charge in [-0.25, -0.2) is 0 Å². The maximum atomic E-state index is 8.74. The highest BCUT2D eigenvalue weighted by molar-refractivity contribution is 7.79. The molecular weight excluding hydrogens is 166 g/mol. The van der Waals surface area contributed by atoms with Crippen molar-refractivity contribution >= 4 is 16.4 Å². The van der Waals surface area contributed by atoms with E-state index >= 15 is 0 Å². The Morgan fingerprint density at radius 3 is 1.30 bits per heavy atom. The molecule has 0 aromatic heterocycles. The summed E-state index contributed by atoms with van der Waals surface area (Å²) < 4.78 is 31.6. The monoisotopic (exact) mass is 175 g/mol. The zero-order chi connectivity index (χ0) is 8.08. The molecule has 0 aliphatic rings. The summed E-state index contributed by atoms with van der Waals surface area (Å²) in [6, 6.07) is 0. The molecule has 0 amide bonds. The molecule has 0 saturated heterocycles. The minimum Gasteiger partial charge on any atom is -0.412 e. The molecule has 0 rings (SSSR count). The molecule has 0 aromatic rings. The molecule has 0 bridgehead atoms. The van der Waals surface area contributed by atoms with Gasteiger partial charge in [0.25, 0.3) is 0 Å². The van der Waals surface area contributed by atoms with Gasteiger partial charge in [0.1, 0.15) is 0 Å². The summed E-state index contributed by atoms with van der Waals surface area (Å²) in [4.78, 5) is 0. The highest BCUT2D eigenvalue weighted by atomic mass is 32.3. The Hall–Kier alpha value is -0.900. The van der Waals surface area contributed by atoms with Crippen LogP contribution in [0.5, 0.6) is 0 Å². The summed E-state index contributed by atoms with van der Waals surface area (Å²) in [7, 11) is -4.67. The molecule has 0 spiro atoms. The fraction of sp³-hybridized carbons (Fsp3) is 0. The van der Waals surface area contributed by atoms with Crippen LogP contribution in [0.2, 0.25) is 0 Å². The zero-order valence-corrected chi connectivity index (χ0v) is 5.59. The van der Waals surface area contributed by atoms with Gasteiger partial charge in [-0.3, -0.25) is 14.5 Å². The third-order valence-electron chi connectivity index (χ3n) is 0. The standard InChI is InChI=1S/CH5N3.H2O4S.H2O/c2-1(3)4;1-5(2,3)4;/h(H5,2,3,4);(H2,1,2,3,4);1H2. The minimum atomic E-state index is -4.67. The van der Waals surface area contributed by atoms with Gasteiger partial charge >= 0.3 is 10.4 Å². The van der Waals surface area contributed by atoms with Gasteiger partial charge in [0.15, 0.2) is 5.96 Å². The number of guanidine groups is 1. The number of nitrogens with two attached hydrogens (primary N) is 2. The van der Waals surface area contributed by atoms with Crippen LogP contribution in [0.1, 0.15) is 0 Å². The lowest BCUT2D eigenvalue weighted by molar-refractivity contribution is 0.381. The third kappa shape index (κ3) is 326. The maximum absolute atomic E-state index is 8.74. The van der Waals surface area contributed by atoms with Crippen molar-refractivity contribution < 1.29 is 23.0 Å². The first-order valence-corrected chi connectivity index (χ1v) is 2.92. The Labute approximate surface area is 57.2 Å². The van der Waals surface area contributed by atoms with Crippen molar-refractivity contribution in [3.05, 3.63) is 0 Å². The van der Waals surface area contributed by atoms with Crippen molar-refractivity contribution in [2.75, 3.05) is 0 Å². The summed E-state index contributed by atoms with van der Waals surface area (Å²) >= 11 is 0. The number of hydrogen-bond donors (Lipinski definition) is 5. The van der Waals surface area contributed by atoms with Gasteiger partial charge < -0.3 is 16.9 Å². The zero-order valence-electron chi connectivity index (χ0n) is 4.77. The van der Waals surface area contributed by atoms with Crippen LogP contribution in [0.25, 0.3) is 0 Å². The molecule has 0 atom stereocenters. The van der Waals surface area contributed by atoms with Crippen molar-refractivity contribution in [1.29, 1.82) is 5.41 Å². The molecule has 0 unspecified atom stereocenters. The quantitative estimate of drug-likeness (QED) is 0.152. The van der Waals surface area contributed by atoms with E-state index in [2.05, 4.69) is 11.5 Å². The predicted molar refractivity (Wildman–Crippen MR) is 33.9 cm³/mol. The maximum Gasteiger partial charge on any atom is 0.394 e. The smallest absolute Gasteiger partial charge is 0.394 e. The van der Waals surface area contributed by atoms with Crippen molar-refractivity contribution in [1.82, 2.24) is 0 Å². The summed E-state index contributed by atoms with van der Waals surface area (Å²) in [6.07, 6.45) is 0. The molecular formula is CH9N3O5S. The van der Waals surface area contributed by atoms with E-state index in [1.54, 1.807) is 0 Å². The van der Waals surface area contributed by atoms with Gasteiger partial charge in [0, 0.05) is 0 Å². The lowest BCUT2D eigenvalue weighted by Gasteiger charge is -1.69. The molecule has 0 radical (unpaired) electrons. The summed E-state index contributed by atoms with van der Waals surface area (Å²) in [5.41, 5.74) is 8.94. The average molecular weight is 175 g/mol. The Bertz CT molecular complexity index is 159. The Morgan fingerprint density at radius 1 is 1.30 bits per heavy atom. The molecule has 10 heavy (non-hydrogen) atoms. The Morgan fingerprint density at radius 2 is 1.30 bits per heavy atom. The molecule has 8 nitrogen and oxygen atoms in total. The van der Waals surface area contributed by atoms with Crippen LogP contribution >= 0.6 is 0 Å². The van der Waals surface area contributed by atoms with E-state index in [1.807, 2.05) is 0 Å². The van der Waals surface area contributed by atoms with Crippen LogP contribution in [-0.4, -0.2) is 29.0 Å². The van der Waals surface area contributed by atoms with E-state index < -0.39 is 10.4 Å². The first kappa shape index (κ1) is 16.0. The fourth-order valence-electron chi connectivity index (χ4n) is 0. The van der Waals surface area contributed by atoms with Crippen molar-refractivity contribution in [3.8, 4) is 0 Å². The fourth-order valence-corrected chi connectivity index (χ4v) is 0. The van der Waals surface area contributed by atoms with Crippen LogP contribution in [0, 0.1) is 5.41 Å². The number of nitrogens with one attached hydrogen (secondary N) is 1. The van der Waals surface area contributed by atoms with E-state index in [-0.39, 0.29) is 11.4 Å². The van der Waals surface area contributed by atoms with Crippen LogP contribution in [0.15, 0.2) is 0 Å². The van der Waals surface area contributed by atoms with E-state index in [4.69, 9.17) is 22.9 Å². The Kier molecular flexibility index (Phi) is 9.99. The van der Waals surface area contributed by atoms with Crippen molar-refractivity contribution in [2.24, 2.45) is 11.5 Å². The first-order chi connectivity index (χ1) is 3.73. The highest BCUT2D eigenvalue weighted by Gasteiger charge is 1.84. The third-order valence-corrected chi connectivity index (χ3v) is 0. The van der Waals surface area contributed by atoms with Crippen LogP contribution in [-0.2, 0) is 10.4 Å². The Balaban J connectivity index is -0.0000000910. The van der Waals surface area contributed by atoms with Gasteiger partial charge in [0.05, 0.1) is 0 Å². The van der Waals surface area contributed by atoms with Gasteiger partial charge in [-0.2, -0.15) is 8.42 Å². The van der Waals surface area contributed by atoms with Crippen molar-refractivity contribution in [2.45, 2.75) is 0 Å². The topological polar surface area (TPSA) is 182 Å². The average Bonchev–Trinajstić information content (AvgIpc) is 1.19. The van der Waals surface area contributed by atoms with E-state index in [0.717, 1.165) is 0 Å². The summed E-state index contributed by atoms with van der Waals surface area (Å²) in [6.45, 7) is 0. The van der Waals surface area contributed by atoms with Gasteiger partial charge in [-0.1, -0.05) is 0 Å². The highest BCUT2D eigenvalue weighted by Crippen LogP contribution is 1.59. The second-order valence-corrected chi connectivity index (χ2v) is 1.80.